The number of carbonyl (C=O) groups is 2. The van der Waals surface area contributed by atoms with E-state index in [0.717, 1.165) is 19.3 Å². The van der Waals surface area contributed by atoms with Gasteiger partial charge >= 0.3 is 0 Å². The first-order chi connectivity index (χ1) is 10.4. The molecule has 23 heavy (non-hydrogen) atoms. The molecule has 0 N–H and O–H groups in total. The third-order valence-electron chi connectivity index (χ3n) is 5.26. The third-order valence-corrected chi connectivity index (χ3v) is 5.26. The lowest BCUT2D eigenvalue weighted by Crippen LogP contribution is -2.49. The number of ether oxygens (including phenoxy) is 1. The highest BCUT2D eigenvalue weighted by Gasteiger charge is 2.44. The van der Waals surface area contributed by atoms with Gasteiger partial charge < -0.3 is 4.74 Å². The summed E-state index contributed by atoms with van der Waals surface area (Å²) in [6.07, 6.45) is 2.73. The van der Waals surface area contributed by atoms with Gasteiger partial charge in [0.2, 0.25) is 0 Å². The van der Waals surface area contributed by atoms with Crippen molar-refractivity contribution in [1.82, 2.24) is 0 Å². The summed E-state index contributed by atoms with van der Waals surface area (Å²) in [5.74, 6) is 0.653. The molecule has 3 nitrogen and oxygen atoms in total. The standard InChI is InChI=1S/C20H38O3/c1-10-14(4)13-19(7,8)18(22)20(9,12-3)23-16(6)17(21)15(5)11-2/h14-16H,10-13H2,1-9H3/t14?,15?,16-,20?/m0/s1. The minimum absolute atomic E-state index is 0.0330. The minimum atomic E-state index is -0.903. The van der Waals surface area contributed by atoms with Gasteiger partial charge in [-0.15, -0.1) is 0 Å². The first kappa shape index (κ1) is 22.3. The van der Waals surface area contributed by atoms with Crippen molar-refractivity contribution in [1.29, 1.82) is 0 Å². The van der Waals surface area contributed by atoms with Crippen molar-refractivity contribution in [2.45, 2.75) is 99.7 Å². The van der Waals surface area contributed by atoms with E-state index in [1.807, 2.05) is 41.5 Å². The fourth-order valence-corrected chi connectivity index (χ4v) is 3.17. The maximum atomic E-state index is 13.1. The lowest BCUT2D eigenvalue weighted by atomic mass is 9.72. The fourth-order valence-electron chi connectivity index (χ4n) is 3.17. The largest absolute Gasteiger partial charge is 0.357 e. The summed E-state index contributed by atoms with van der Waals surface area (Å²) in [5, 5.41) is 0. The smallest absolute Gasteiger partial charge is 0.169 e. The van der Waals surface area contributed by atoms with Crippen molar-refractivity contribution in [3.8, 4) is 0 Å². The van der Waals surface area contributed by atoms with Crippen molar-refractivity contribution in [2.75, 3.05) is 0 Å². The van der Waals surface area contributed by atoms with E-state index in [2.05, 4.69) is 13.8 Å². The van der Waals surface area contributed by atoms with Crippen molar-refractivity contribution in [3.05, 3.63) is 0 Å². The van der Waals surface area contributed by atoms with Gasteiger partial charge in [0.25, 0.3) is 0 Å². The quantitative estimate of drug-likeness (QED) is 0.523. The van der Waals surface area contributed by atoms with Crippen LogP contribution in [0.15, 0.2) is 0 Å². The van der Waals surface area contributed by atoms with Crippen molar-refractivity contribution in [2.24, 2.45) is 17.3 Å². The Morgan fingerprint density at radius 1 is 0.957 bits per heavy atom. The van der Waals surface area contributed by atoms with Crippen LogP contribution in [0.5, 0.6) is 0 Å². The van der Waals surface area contributed by atoms with Gasteiger partial charge in [-0.2, -0.15) is 0 Å². The van der Waals surface area contributed by atoms with Gasteiger partial charge in [-0.3, -0.25) is 9.59 Å². The van der Waals surface area contributed by atoms with Crippen LogP contribution in [0.4, 0.5) is 0 Å². The Bertz CT molecular complexity index is 400. The van der Waals surface area contributed by atoms with Crippen LogP contribution < -0.4 is 0 Å². The molecule has 0 fully saturated rings. The molecule has 0 rings (SSSR count). The average Bonchev–Trinajstić information content (AvgIpc) is 2.51. The van der Waals surface area contributed by atoms with Gasteiger partial charge in [-0.25, -0.2) is 0 Å². The first-order valence-corrected chi connectivity index (χ1v) is 9.21. The minimum Gasteiger partial charge on any atom is -0.357 e. The summed E-state index contributed by atoms with van der Waals surface area (Å²) < 4.78 is 6.04. The molecule has 4 atom stereocenters. The van der Waals surface area contributed by atoms with E-state index in [0.29, 0.717) is 12.3 Å². The lowest BCUT2D eigenvalue weighted by Gasteiger charge is -2.38. The molecular weight excluding hydrogens is 288 g/mol. The zero-order chi connectivity index (χ0) is 18.4. The Morgan fingerprint density at radius 2 is 1.48 bits per heavy atom. The number of rotatable bonds is 11. The van der Waals surface area contributed by atoms with Gasteiger partial charge in [-0.05, 0) is 39.0 Å². The second kappa shape index (κ2) is 8.96. The molecule has 0 saturated heterocycles. The van der Waals surface area contributed by atoms with E-state index in [4.69, 9.17) is 4.74 Å². The Hall–Kier alpha value is -0.700. The van der Waals surface area contributed by atoms with Crippen LogP contribution in [0.1, 0.15) is 88.0 Å². The van der Waals surface area contributed by atoms with Crippen molar-refractivity contribution >= 4 is 11.6 Å². The van der Waals surface area contributed by atoms with Gasteiger partial charge in [0, 0.05) is 11.3 Å². The van der Waals surface area contributed by atoms with E-state index in [9.17, 15) is 9.59 Å². The van der Waals surface area contributed by atoms with E-state index in [-0.39, 0.29) is 17.5 Å². The molecule has 0 aliphatic carbocycles. The van der Waals surface area contributed by atoms with E-state index >= 15 is 0 Å². The van der Waals surface area contributed by atoms with E-state index in [1.54, 1.807) is 6.92 Å². The van der Waals surface area contributed by atoms with E-state index < -0.39 is 17.1 Å². The van der Waals surface area contributed by atoms with Crippen LogP contribution in [0.2, 0.25) is 0 Å². The highest BCUT2D eigenvalue weighted by molar-refractivity contribution is 5.92. The molecule has 0 saturated carbocycles. The number of Topliss-reactive ketones (excluding diaryl/α,β-unsaturated/α-hetero) is 2. The highest BCUT2D eigenvalue weighted by Crippen LogP contribution is 2.35. The summed E-state index contributed by atoms with van der Waals surface area (Å²) in [4.78, 5) is 25.5. The Balaban J connectivity index is 5.21. The highest BCUT2D eigenvalue weighted by atomic mass is 16.5. The summed E-state index contributed by atoms with van der Waals surface area (Å²) in [7, 11) is 0. The molecular formula is C20H38O3. The fraction of sp³-hybridized carbons (Fsp3) is 0.900. The van der Waals surface area contributed by atoms with Crippen molar-refractivity contribution < 1.29 is 14.3 Å². The number of hydrogen-bond acceptors (Lipinski definition) is 3. The zero-order valence-corrected chi connectivity index (χ0v) is 16.8. The summed E-state index contributed by atoms with van der Waals surface area (Å²) in [6, 6.07) is 0. The number of carbonyl (C=O) groups excluding carboxylic acids is 2. The molecule has 0 aromatic heterocycles. The van der Waals surface area contributed by atoms with Crippen LogP contribution in [0, 0.1) is 17.3 Å². The molecule has 0 aliphatic rings. The van der Waals surface area contributed by atoms with Gasteiger partial charge in [0.05, 0.1) is 0 Å². The maximum absolute atomic E-state index is 13.1. The van der Waals surface area contributed by atoms with Gasteiger partial charge in [0.1, 0.15) is 11.7 Å². The predicted octanol–water partition coefficient (Wildman–Crippen LogP) is 5.21. The van der Waals surface area contributed by atoms with Crippen LogP contribution in [-0.2, 0) is 14.3 Å². The van der Waals surface area contributed by atoms with E-state index in [1.165, 1.54) is 0 Å². The molecule has 0 aromatic carbocycles. The summed E-state index contributed by atoms with van der Waals surface area (Å²) in [6.45, 7) is 17.8. The van der Waals surface area contributed by atoms with Gasteiger partial charge in [-0.1, -0.05) is 54.9 Å². The van der Waals surface area contributed by atoms with Gasteiger partial charge in [0.15, 0.2) is 11.6 Å². The van der Waals surface area contributed by atoms with Crippen LogP contribution in [0.25, 0.3) is 0 Å². The molecule has 0 heterocycles. The Labute approximate surface area is 143 Å². The molecule has 0 radical (unpaired) electrons. The predicted molar refractivity (Wildman–Crippen MR) is 96.6 cm³/mol. The molecule has 0 aromatic rings. The molecule has 136 valence electrons. The van der Waals surface area contributed by atoms with Crippen LogP contribution in [0.3, 0.4) is 0 Å². The second-order valence-corrected chi connectivity index (χ2v) is 7.99. The Morgan fingerprint density at radius 3 is 1.87 bits per heavy atom. The normalized spacial score (nSPS) is 18.8. The van der Waals surface area contributed by atoms with Crippen molar-refractivity contribution in [3.63, 3.8) is 0 Å². The topological polar surface area (TPSA) is 43.4 Å². The number of hydrogen-bond donors (Lipinski definition) is 0. The molecule has 0 bridgehead atoms. The number of ketones is 2. The maximum Gasteiger partial charge on any atom is 0.169 e. The first-order valence-electron chi connectivity index (χ1n) is 9.21. The molecule has 0 spiro atoms. The SMILES string of the molecule is CCC(C)CC(C)(C)C(=O)C(C)(CC)O[C@@H](C)C(=O)C(C)CC. The second-order valence-electron chi connectivity index (χ2n) is 7.99. The van der Waals surface area contributed by atoms with Crippen LogP contribution in [-0.4, -0.2) is 23.3 Å². The lowest BCUT2D eigenvalue weighted by molar-refractivity contribution is -0.165. The average molecular weight is 327 g/mol. The summed E-state index contributed by atoms with van der Waals surface area (Å²) >= 11 is 0. The summed E-state index contributed by atoms with van der Waals surface area (Å²) in [5.41, 5.74) is -1.35. The Kier molecular flexibility index (Phi) is 8.69. The molecule has 3 heteroatoms. The molecule has 3 unspecified atom stereocenters. The zero-order valence-electron chi connectivity index (χ0n) is 16.8. The molecule has 0 amide bonds. The monoisotopic (exact) mass is 326 g/mol. The molecule has 0 aliphatic heterocycles. The van der Waals surface area contributed by atoms with Crippen LogP contribution >= 0.6 is 0 Å². The third kappa shape index (κ3) is 6.02.